The first-order valence-corrected chi connectivity index (χ1v) is 11.0. The number of carbonyl (C=O) groups excluding carboxylic acids is 1. The summed E-state index contributed by atoms with van der Waals surface area (Å²) < 4.78 is 45.7. The van der Waals surface area contributed by atoms with Crippen molar-refractivity contribution in [3.63, 3.8) is 0 Å². The van der Waals surface area contributed by atoms with Crippen LogP contribution in [0.5, 0.6) is 0 Å². The van der Waals surface area contributed by atoms with Gasteiger partial charge in [-0.1, -0.05) is 0 Å². The average molecular weight is 458 g/mol. The summed E-state index contributed by atoms with van der Waals surface area (Å²) in [6, 6.07) is 9.19. The minimum absolute atomic E-state index is 0.00523. The van der Waals surface area contributed by atoms with Crippen molar-refractivity contribution in [2.45, 2.75) is 4.90 Å². The van der Waals surface area contributed by atoms with Crippen molar-refractivity contribution < 1.29 is 22.3 Å². The zero-order valence-corrected chi connectivity index (χ0v) is 17.7. The zero-order valence-electron chi connectivity index (χ0n) is 16.9. The van der Waals surface area contributed by atoms with Crippen LogP contribution in [0.2, 0.25) is 0 Å². The van der Waals surface area contributed by atoms with Gasteiger partial charge in [-0.15, -0.1) is 0 Å². The molecule has 0 unspecified atom stereocenters. The van der Waals surface area contributed by atoms with Gasteiger partial charge in [-0.05, 0) is 42.5 Å². The van der Waals surface area contributed by atoms with Crippen LogP contribution in [0.25, 0.3) is 21.8 Å². The van der Waals surface area contributed by atoms with Crippen molar-refractivity contribution in [3.8, 4) is 0 Å². The number of halogens is 1. The first-order chi connectivity index (χ1) is 15.2. The molecule has 2 heterocycles. The third kappa shape index (κ3) is 3.61. The van der Waals surface area contributed by atoms with Crippen LogP contribution in [0, 0.1) is 5.82 Å². The number of carbonyl (C=O) groups is 1. The molecule has 0 saturated heterocycles. The van der Waals surface area contributed by atoms with Gasteiger partial charge in [0, 0.05) is 36.1 Å². The van der Waals surface area contributed by atoms with E-state index in [0.29, 0.717) is 10.9 Å². The summed E-state index contributed by atoms with van der Waals surface area (Å²) in [5.41, 5.74) is 5.72. The van der Waals surface area contributed by atoms with Crippen LogP contribution < -0.4 is 15.6 Å². The molecule has 32 heavy (non-hydrogen) atoms. The van der Waals surface area contributed by atoms with E-state index in [1.807, 2.05) is 0 Å². The molecule has 2 aromatic heterocycles. The molecule has 0 fully saturated rings. The van der Waals surface area contributed by atoms with Crippen molar-refractivity contribution in [2.24, 2.45) is 5.73 Å². The van der Waals surface area contributed by atoms with E-state index in [2.05, 4.69) is 9.97 Å². The Balaban J connectivity index is 1.89. The number of sulfonamides is 1. The molecular weight excluding hydrogens is 439 g/mol. The number of hydrogen-bond acceptors (Lipinski definition) is 6. The third-order valence-corrected chi connectivity index (χ3v) is 6.82. The Labute approximate surface area is 181 Å². The molecule has 166 valence electrons. The maximum absolute atomic E-state index is 13.2. The number of aromatic nitrogens is 2. The number of anilines is 1. The molecule has 11 heteroatoms. The Hall–Kier alpha value is -3.70. The van der Waals surface area contributed by atoms with E-state index in [1.54, 1.807) is 0 Å². The zero-order chi connectivity index (χ0) is 23.0. The second-order valence-electron chi connectivity index (χ2n) is 6.99. The lowest BCUT2D eigenvalue weighted by Gasteiger charge is -2.20. The molecule has 0 radical (unpaired) electrons. The second-order valence-corrected chi connectivity index (χ2v) is 8.96. The van der Waals surface area contributed by atoms with E-state index in [0.717, 1.165) is 16.4 Å². The molecule has 4 rings (SSSR count). The van der Waals surface area contributed by atoms with Crippen molar-refractivity contribution in [1.82, 2.24) is 9.97 Å². The fourth-order valence-electron chi connectivity index (χ4n) is 3.40. The number of nitrogens with two attached hydrogens (primary N) is 1. The van der Waals surface area contributed by atoms with Crippen LogP contribution in [-0.4, -0.2) is 44.6 Å². The number of nitrogens with one attached hydrogen (secondary N) is 2. The Bertz CT molecular complexity index is 1490. The first kappa shape index (κ1) is 21.5. The maximum atomic E-state index is 13.2. The highest BCUT2D eigenvalue weighted by atomic mass is 32.2. The van der Waals surface area contributed by atoms with Crippen LogP contribution in [-0.2, 0) is 14.8 Å². The molecule has 9 nitrogen and oxygen atoms in total. The fourth-order valence-corrected chi connectivity index (χ4v) is 4.63. The standard InChI is InChI=1S/C21H19FN4O5S/c1-26(13-4-2-12(22)3-5-13)32(29,30)14-6-7-17-15(10-14)18-16(21(28)31-9-8-23)11-24-19(18)20(27)25-17/h2-7,10-11,24H,8-9,23H2,1H3,(H,25,27). The predicted octanol–water partition coefficient (Wildman–Crippen LogP) is 2.09. The van der Waals surface area contributed by atoms with Crippen molar-refractivity contribution in [1.29, 1.82) is 0 Å². The summed E-state index contributed by atoms with van der Waals surface area (Å²) in [5.74, 6) is -1.18. The van der Waals surface area contributed by atoms with Crippen LogP contribution in [0.3, 0.4) is 0 Å². The summed E-state index contributed by atoms with van der Waals surface area (Å²) >= 11 is 0. The molecule has 0 saturated carbocycles. The van der Waals surface area contributed by atoms with Crippen LogP contribution in [0.1, 0.15) is 10.4 Å². The van der Waals surface area contributed by atoms with Crippen LogP contribution in [0.4, 0.5) is 10.1 Å². The van der Waals surface area contributed by atoms with Crippen LogP contribution >= 0.6 is 0 Å². The summed E-state index contributed by atoms with van der Waals surface area (Å²) in [7, 11) is -2.68. The van der Waals surface area contributed by atoms with E-state index in [9.17, 15) is 22.4 Å². The van der Waals surface area contributed by atoms with E-state index in [4.69, 9.17) is 10.5 Å². The van der Waals surface area contributed by atoms with Gasteiger partial charge in [0.2, 0.25) is 0 Å². The summed E-state index contributed by atoms with van der Waals surface area (Å²) in [5, 5.41) is 0.585. The SMILES string of the molecule is CN(c1ccc(F)cc1)S(=O)(=O)c1ccc2[nH]c(=O)c3[nH]cc(C(=O)OCCN)c3c2c1. The fraction of sp³-hybridized carbons (Fsp3) is 0.143. The maximum Gasteiger partial charge on any atom is 0.340 e. The van der Waals surface area contributed by atoms with Gasteiger partial charge >= 0.3 is 5.97 Å². The number of pyridine rings is 1. The average Bonchev–Trinajstić information content (AvgIpc) is 3.23. The summed E-state index contributed by atoms with van der Waals surface area (Å²) in [6.45, 7) is 0.127. The molecule has 4 N–H and O–H groups in total. The molecule has 0 aliphatic carbocycles. The topological polar surface area (TPSA) is 138 Å². The van der Waals surface area contributed by atoms with E-state index in [-0.39, 0.29) is 40.2 Å². The lowest BCUT2D eigenvalue weighted by Crippen LogP contribution is -2.26. The smallest absolute Gasteiger partial charge is 0.340 e. The van der Waals surface area contributed by atoms with Gasteiger partial charge in [0.25, 0.3) is 15.6 Å². The minimum Gasteiger partial charge on any atom is -0.461 e. The van der Waals surface area contributed by atoms with Gasteiger partial charge in [0.05, 0.1) is 16.1 Å². The number of benzene rings is 2. The quantitative estimate of drug-likeness (QED) is 0.378. The predicted molar refractivity (Wildman–Crippen MR) is 118 cm³/mol. The number of H-pyrrole nitrogens is 2. The van der Waals surface area contributed by atoms with Crippen molar-refractivity contribution >= 4 is 43.5 Å². The molecule has 2 aromatic carbocycles. The number of rotatable bonds is 6. The lowest BCUT2D eigenvalue weighted by atomic mass is 10.1. The van der Waals surface area contributed by atoms with Crippen molar-refractivity contribution in [3.05, 3.63) is 70.4 Å². The number of nitrogens with zero attached hydrogens (tertiary/aromatic N) is 1. The Morgan fingerprint density at radius 1 is 1.19 bits per heavy atom. The highest BCUT2D eigenvalue weighted by Crippen LogP contribution is 2.29. The number of fused-ring (bicyclic) bond motifs is 3. The third-order valence-electron chi connectivity index (χ3n) is 5.04. The molecule has 0 amide bonds. The Morgan fingerprint density at radius 2 is 1.91 bits per heavy atom. The molecule has 4 aromatic rings. The number of hydrogen-bond donors (Lipinski definition) is 3. The number of aromatic amines is 2. The van der Waals surface area contributed by atoms with Crippen molar-refractivity contribution in [2.75, 3.05) is 24.5 Å². The van der Waals surface area contributed by atoms with E-state index < -0.39 is 27.4 Å². The molecular formula is C21H19FN4O5S. The molecule has 0 aliphatic rings. The van der Waals surface area contributed by atoms with Gasteiger partial charge in [-0.25, -0.2) is 17.6 Å². The largest absolute Gasteiger partial charge is 0.461 e. The van der Waals surface area contributed by atoms with Gasteiger partial charge in [0.1, 0.15) is 17.9 Å². The number of ether oxygens (including phenoxy) is 1. The number of esters is 1. The highest BCUT2D eigenvalue weighted by Gasteiger charge is 2.24. The monoisotopic (exact) mass is 458 g/mol. The molecule has 0 bridgehead atoms. The normalized spacial score (nSPS) is 11.7. The van der Waals surface area contributed by atoms with E-state index in [1.165, 1.54) is 43.6 Å². The second kappa shape index (κ2) is 8.09. The van der Waals surface area contributed by atoms with E-state index >= 15 is 0 Å². The Kier molecular flexibility index (Phi) is 5.45. The lowest BCUT2D eigenvalue weighted by molar-refractivity contribution is 0.0519. The molecule has 0 spiro atoms. The van der Waals surface area contributed by atoms with Gasteiger partial charge < -0.3 is 20.4 Å². The Morgan fingerprint density at radius 3 is 2.59 bits per heavy atom. The van der Waals surface area contributed by atoms with Gasteiger partial charge in [-0.2, -0.15) is 0 Å². The summed E-state index contributed by atoms with van der Waals surface area (Å²) in [6.07, 6.45) is 1.34. The summed E-state index contributed by atoms with van der Waals surface area (Å²) in [4.78, 5) is 30.2. The highest BCUT2D eigenvalue weighted by molar-refractivity contribution is 7.92. The van der Waals surface area contributed by atoms with Gasteiger partial charge in [-0.3, -0.25) is 9.10 Å². The van der Waals surface area contributed by atoms with Crippen LogP contribution in [0.15, 0.2) is 58.4 Å². The first-order valence-electron chi connectivity index (χ1n) is 9.53. The van der Waals surface area contributed by atoms with Gasteiger partial charge in [0.15, 0.2) is 0 Å². The minimum atomic E-state index is -4.03. The molecule has 0 atom stereocenters. The molecule has 0 aliphatic heterocycles.